The predicted octanol–water partition coefficient (Wildman–Crippen LogP) is 1.49. The summed E-state index contributed by atoms with van der Waals surface area (Å²) in [4.78, 5) is 0. The number of hydrogen-bond donors (Lipinski definition) is 1. The van der Waals surface area contributed by atoms with Crippen LogP contribution in [0.1, 0.15) is 0 Å². The van der Waals surface area contributed by atoms with E-state index >= 15 is 0 Å². The summed E-state index contributed by atoms with van der Waals surface area (Å²) in [7, 11) is -1.42. The summed E-state index contributed by atoms with van der Waals surface area (Å²) in [6.45, 7) is 0. The van der Waals surface area contributed by atoms with Gasteiger partial charge in [0.15, 0.2) is 0 Å². The highest BCUT2D eigenvalue weighted by molar-refractivity contribution is 7.89. The van der Waals surface area contributed by atoms with Gasteiger partial charge in [-0.3, -0.25) is 0 Å². The van der Waals surface area contributed by atoms with Gasteiger partial charge >= 0.3 is 0 Å². The third kappa shape index (κ3) is 1.70. The Hall–Kier alpha value is -1.49. The van der Waals surface area contributed by atoms with Gasteiger partial charge in [0.2, 0.25) is 10.0 Å². The van der Waals surface area contributed by atoms with Crippen molar-refractivity contribution < 1.29 is 8.42 Å². The maximum absolute atomic E-state index is 11.5. The smallest absolute Gasteiger partial charge is 0.236 e. The average molecular weight is 224 g/mol. The van der Waals surface area contributed by atoms with Crippen molar-refractivity contribution in [3.05, 3.63) is 30.5 Å². The van der Waals surface area contributed by atoms with Crippen molar-refractivity contribution in [1.82, 2.24) is 3.97 Å². The van der Waals surface area contributed by atoms with Crippen LogP contribution in [-0.4, -0.2) is 25.7 Å². The molecule has 0 radical (unpaired) electrons. The molecule has 1 aromatic heterocycles. The summed E-state index contributed by atoms with van der Waals surface area (Å²) >= 11 is 0. The van der Waals surface area contributed by atoms with E-state index in [1.807, 2.05) is 18.2 Å². The zero-order valence-corrected chi connectivity index (χ0v) is 9.38. The average Bonchev–Trinajstić information content (AvgIpc) is 2.59. The lowest BCUT2D eigenvalue weighted by molar-refractivity contribution is 0.595. The first kappa shape index (κ1) is 10.0. The van der Waals surface area contributed by atoms with Gasteiger partial charge in [0, 0.05) is 24.3 Å². The molecule has 0 atom stereocenters. The van der Waals surface area contributed by atoms with Gasteiger partial charge in [-0.15, -0.1) is 0 Å². The standard InChI is InChI=1S/C10H12N2O2S/c1-11-9-4-3-8-5-6-12(10(8)7-9)15(2,13)14/h3-7,11H,1-2H3. The molecule has 15 heavy (non-hydrogen) atoms. The van der Waals surface area contributed by atoms with Crippen LogP contribution < -0.4 is 5.32 Å². The minimum absolute atomic E-state index is 0.698. The van der Waals surface area contributed by atoms with Gasteiger partial charge in [0.05, 0.1) is 11.8 Å². The van der Waals surface area contributed by atoms with Crippen molar-refractivity contribution >= 4 is 26.6 Å². The molecule has 0 bridgehead atoms. The zero-order valence-electron chi connectivity index (χ0n) is 8.56. The third-order valence-electron chi connectivity index (χ3n) is 2.30. The molecule has 0 fully saturated rings. The monoisotopic (exact) mass is 224 g/mol. The predicted molar refractivity (Wildman–Crippen MR) is 61.7 cm³/mol. The molecule has 0 unspecified atom stereocenters. The first-order valence-electron chi connectivity index (χ1n) is 4.52. The van der Waals surface area contributed by atoms with Gasteiger partial charge in [-0.25, -0.2) is 12.4 Å². The lowest BCUT2D eigenvalue weighted by atomic mass is 10.2. The Morgan fingerprint density at radius 3 is 2.60 bits per heavy atom. The Balaban J connectivity index is 2.78. The van der Waals surface area contributed by atoms with E-state index in [0.29, 0.717) is 5.52 Å². The van der Waals surface area contributed by atoms with Crippen LogP contribution in [0, 0.1) is 0 Å². The molecule has 2 rings (SSSR count). The van der Waals surface area contributed by atoms with E-state index in [9.17, 15) is 8.42 Å². The molecule has 2 aromatic rings. The number of benzene rings is 1. The van der Waals surface area contributed by atoms with Crippen molar-refractivity contribution in [3.63, 3.8) is 0 Å². The molecule has 0 aliphatic heterocycles. The van der Waals surface area contributed by atoms with Gasteiger partial charge < -0.3 is 5.32 Å². The van der Waals surface area contributed by atoms with Crippen molar-refractivity contribution in [2.24, 2.45) is 0 Å². The quantitative estimate of drug-likeness (QED) is 0.840. The Morgan fingerprint density at radius 1 is 1.27 bits per heavy atom. The van der Waals surface area contributed by atoms with Gasteiger partial charge in [-0.1, -0.05) is 6.07 Å². The molecule has 80 valence electrons. The van der Waals surface area contributed by atoms with Gasteiger partial charge in [-0.05, 0) is 18.2 Å². The van der Waals surface area contributed by atoms with Crippen molar-refractivity contribution in [2.75, 3.05) is 18.6 Å². The Kier molecular flexibility index (Phi) is 2.19. The van der Waals surface area contributed by atoms with Crippen LogP contribution in [0.5, 0.6) is 0 Å². The van der Waals surface area contributed by atoms with E-state index in [2.05, 4.69) is 5.32 Å². The molecule has 4 nitrogen and oxygen atoms in total. The molecule has 0 saturated heterocycles. The van der Waals surface area contributed by atoms with Crippen LogP contribution in [0.2, 0.25) is 0 Å². The number of rotatable bonds is 2. The number of nitrogens with zero attached hydrogens (tertiary/aromatic N) is 1. The van der Waals surface area contributed by atoms with E-state index in [1.165, 1.54) is 10.2 Å². The summed E-state index contributed by atoms with van der Waals surface area (Å²) in [5.74, 6) is 0. The largest absolute Gasteiger partial charge is 0.388 e. The van der Waals surface area contributed by atoms with E-state index in [4.69, 9.17) is 0 Å². The van der Waals surface area contributed by atoms with Crippen LogP contribution in [0.4, 0.5) is 5.69 Å². The Labute approximate surface area is 88.6 Å². The fourth-order valence-electron chi connectivity index (χ4n) is 1.55. The number of nitrogens with one attached hydrogen (secondary N) is 1. The van der Waals surface area contributed by atoms with Crippen molar-refractivity contribution in [3.8, 4) is 0 Å². The van der Waals surface area contributed by atoms with E-state index in [0.717, 1.165) is 11.1 Å². The molecule has 1 aromatic carbocycles. The normalized spacial score (nSPS) is 11.9. The number of fused-ring (bicyclic) bond motifs is 1. The van der Waals surface area contributed by atoms with Gasteiger partial charge in [0.25, 0.3) is 0 Å². The Bertz CT molecular complexity index is 599. The maximum atomic E-state index is 11.5. The first-order chi connectivity index (χ1) is 7.02. The minimum Gasteiger partial charge on any atom is -0.388 e. The summed E-state index contributed by atoms with van der Waals surface area (Å²) in [6, 6.07) is 7.41. The van der Waals surface area contributed by atoms with Crippen LogP contribution in [0.3, 0.4) is 0 Å². The van der Waals surface area contributed by atoms with Crippen LogP contribution in [0.15, 0.2) is 30.5 Å². The summed E-state index contributed by atoms with van der Waals surface area (Å²) in [5.41, 5.74) is 1.59. The second-order valence-electron chi connectivity index (χ2n) is 3.40. The summed E-state index contributed by atoms with van der Waals surface area (Å²) < 4.78 is 24.2. The summed E-state index contributed by atoms with van der Waals surface area (Å²) in [6.07, 6.45) is 2.76. The highest BCUT2D eigenvalue weighted by atomic mass is 32.2. The topological polar surface area (TPSA) is 51.1 Å². The fourth-order valence-corrected chi connectivity index (χ4v) is 2.35. The summed E-state index contributed by atoms with van der Waals surface area (Å²) in [5, 5.41) is 3.90. The molecule has 0 aliphatic carbocycles. The molecule has 1 heterocycles. The van der Waals surface area contributed by atoms with Crippen LogP contribution >= 0.6 is 0 Å². The number of anilines is 1. The number of aromatic nitrogens is 1. The second kappa shape index (κ2) is 3.27. The molecular weight excluding hydrogens is 212 g/mol. The first-order valence-corrected chi connectivity index (χ1v) is 6.36. The fraction of sp³-hybridized carbons (Fsp3) is 0.200. The van der Waals surface area contributed by atoms with E-state index in [1.54, 1.807) is 19.3 Å². The lowest BCUT2D eigenvalue weighted by Gasteiger charge is -2.04. The zero-order chi connectivity index (χ0) is 11.1. The van der Waals surface area contributed by atoms with Crippen molar-refractivity contribution in [1.29, 1.82) is 0 Å². The lowest BCUT2D eigenvalue weighted by Crippen LogP contribution is -2.08. The second-order valence-corrected chi connectivity index (χ2v) is 5.26. The SMILES string of the molecule is CNc1ccc2ccn(S(C)(=O)=O)c2c1. The van der Waals surface area contributed by atoms with Gasteiger partial charge in [-0.2, -0.15) is 0 Å². The van der Waals surface area contributed by atoms with Crippen molar-refractivity contribution in [2.45, 2.75) is 0 Å². The highest BCUT2D eigenvalue weighted by Gasteiger charge is 2.09. The third-order valence-corrected chi connectivity index (χ3v) is 3.34. The molecule has 5 heteroatoms. The van der Waals surface area contributed by atoms with Gasteiger partial charge in [0.1, 0.15) is 0 Å². The molecular formula is C10H12N2O2S. The molecule has 0 spiro atoms. The number of hydrogen-bond acceptors (Lipinski definition) is 3. The molecule has 0 aliphatic rings. The highest BCUT2D eigenvalue weighted by Crippen LogP contribution is 2.21. The Morgan fingerprint density at radius 2 is 2.00 bits per heavy atom. The van der Waals surface area contributed by atoms with E-state index in [-0.39, 0.29) is 0 Å². The molecule has 0 amide bonds. The maximum Gasteiger partial charge on any atom is 0.236 e. The van der Waals surface area contributed by atoms with Crippen LogP contribution in [0.25, 0.3) is 10.9 Å². The molecule has 1 N–H and O–H groups in total. The minimum atomic E-state index is -3.22. The van der Waals surface area contributed by atoms with Crippen LogP contribution in [-0.2, 0) is 10.0 Å². The molecule has 0 saturated carbocycles. The van der Waals surface area contributed by atoms with E-state index < -0.39 is 10.0 Å².